The molecule has 1 atom stereocenters. The first-order chi connectivity index (χ1) is 7.41. The second-order valence-corrected chi connectivity index (χ2v) is 4.73. The van der Waals surface area contributed by atoms with Crippen LogP contribution in [0.5, 0.6) is 0 Å². The van der Waals surface area contributed by atoms with Crippen LogP contribution in [0.2, 0.25) is 0 Å². The maximum absolute atomic E-state index is 5.43. The number of rotatable bonds is 1. The van der Waals surface area contributed by atoms with E-state index >= 15 is 0 Å². The van der Waals surface area contributed by atoms with Gasteiger partial charge in [0.05, 0.1) is 13.2 Å². The van der Waals surface area contributed by atoms with Gasteiger partial charge in [-0.25, -0.2) is 0 Å². The lowest BCUT2D eigenvalue weighted by Gasteiger charge is -2.48. The molecule has 0 amide bonds. The van der Waals surface area contributed by atoms with E-state index in [-0.39, 0.29) is 0 Å². The Morgan fingerprint density at radius 2 is 1.87 bits per heavy atom. The van der Waals surface area contributed by atoms with Gasteiger partial charge in [-0.05, 0) is 24.3 Å². The SMILES string of the molecule is C1=CCC2(COC2)C(c2ccccc2)C1. The molecule has 78 valence electrons. The highest BCUT2D eigenvalue weighted by atomic mass is 16.5. The lowest BCUT2D eigenvalue weighted by Crippen LogP contribution is -2.47. The second-order valence-electron chi connectivity index (χ2n) is 4.73. The third-order valence-electron chi connectivity index (χ3n) is 3.78. The molecule has 0 aromatic heterocycles. The van der Waals surface area contributed by atoms with Crippen LogP contribution in [-0.2, 0) is 4.74 Å². The normalized spacial score (nSPS) is 27.6. The van der Waals surface area contributed by atoms with Crippen LogP contribution in [0.15, 0.2) is 42.5 Å². The topological polar surface area (TPSA) is 9.23 Å². The minimum absolute atomic E-state index is 0.413. The Morgan fingerprint density at radius 1 is 1.07 bits per heavy atom. The first-order valence-electron chi connectivity index (χ1n) is 5.68. The minimum atomic E-state index is 0.413. The van der Waals surface area contributed by atoms with E-state index in [1.807, 2.05) is 0 Å². The number of hydrogen-bond donors (Lipinski definition) is 0. The van der Waals surface area contributed by atoms with E-state index in [1.54, 1.807) is 0 Å². The van der Waals surface area contributed by atoms with Crippen molar-refractivity contribution in [1.82, 2.24) is 0 Å². The zero-order valence-electron chi connectivity index (χ0n) is 8.86. The Morgan fingerprint density at radius 3 is 2.53 bits per heavy atom. The van der Waals surface area contributed by atoms with Crippen molar-refractivity contribution in [3.8, 4) is 0 Å². The second kappa shape index (κ2) is 3.49. The molecule has 0 saturated carbocycles. The van der Waals surface area contributed by atoms with Gasteiger partial charge < -0.3 is 4.74 Å². The number of hydrogen-bond acceptors (Lipinski definition) is 1. The largest absolute Gasteiger partial charge is 0.380 e. The van der Waals surface area contributed by atoms with Gasteiger partial charge in [0.15, 0.2) is 0 Å². The minimum Gasteiger partial charge on any atom is -0.380 e. The van der Waals surface area contributed by atoms with Crippen molar-refractivity contribution in [3.05, 3.63) is 48.0 Å². The molecule has 1 aromatic rings. The van der Waals surface area contributed by atoms with Crippen LogP contribution >= 0.6 is 0 Å². The van der Waals surface area contributed by atoms with Crippen molar-refractivity contribution in [2.24, 2.45) is 5.41 Å². The van der Waals surface area contributed by atoms with Crippen molar-refractivity contribution in [2.45, 2.75) is 18.8 Å². The Kier molecular flexibility index (Phi) is 2.14. The fourth-order valence-electron chi connectivity index (χ4n) is 2.80. The lowest BCUT2D eigenvalue weighted by atomic mass is 9.65. The molecule has 1 fully saturated rings. The summed E-state index contributed by atoms with van der Waals surface area (Å²) in [5.41, 5.74) is 1.89. The van der Waals surface area contributed by atoms with Crippen LogP contribution < -0.4 is 0 Å². The van der Waals surface area contributed by atoms with Crippen LogP contribution in [0.3, 0.4) is 0 Å². The van der Waals surface area contributed by atoms with Crippen molar-refractivity contribution in [1.29, 1.82) is 0 Å². The first kappa shape index (κ1) is 9.17. The molecule has 1 nitrogen and oxygen atoms in total. The van der Waals surface area contributed by atoms with Gasteiger partial charge in [0, 0.05) is 5.41 Å². The van der Waals surface area contributed by atoms with E-state index in [2.05, 4.69) is 42.5 Å². The maximum atomic E-state index is 5.43. The number of allylic oxidation sites excluding steroid dienone is 2. The predicted molar refractivity (Wildman–Crippen MR) is 60.8 cm³/mol. The van der Waals surface area contributed by atoms with Gasteiger partial charge in [0.1, 0.15) is 0 Å². The van der Waals surface area contributed by atoms with Gasteiger partial charge in [-0.2, -0.15) is 0 Å². The molecule has 2 aliphatic rings. The maximum Gasteiger partial charge on any atom is 0.0553 e. The zero-order chi connectivity index (χ0) is 10.1. The van der Waals surface area contributed by atoms with Gasteiger partial charge in [0.2, 0.25) is 0 Å². The molecule has 1 saturated heterocycles. The van der Waals surface area contributed by atoms with Gasteiger partial charge >= 0.3 is 0 Å². The molecule has 1 aliphatic carbocycles. The summed E-state index contributed by atoms with van der Waals surface area (Å²) >= 11 is 0. The van der Waals surface area contributed by atoms with Crippen LogP contribution in [0.1, 0.15) is 24.3 Å². The van der Waals surface area contributed by atoms with E-state index in [0.29, 0.717) is 11.3 Å². The summed E-state index contributed by atoms with van der Waals surface area (Å²) in [4.78, 5) is 0. The Bertz CT molecular complexity index is 362. The van der Waals surface area contributed by atoms with E-state index in [4.69, 9.17) is 4.74 Å². The fourth-order valence-corrected chi connectivity index (χ4v) is 2.80. The van der Waals surface area contributed by atoms with Crippen molar-refractivity contribution in [3.63, 3.8) is 0 Å². The van der Waals surface area contributed by atoms with E-state index < -0.39 is 0 Å². The fraction of sp³-hybridized carbons (Fsp3) is 0.429. The molecule has 15 heavy (non-hydrogen) atoms. The van der Waals surface area contributed by atoms with Crippen LogP contribution in [0.4, 0.5) is 0 Å². The average molecular weight is 200 g/mol. The highest BCUT2D eigenvalue weighted by molar-refractivity contribution is 5.26. The first-order valence-corrected chi connectivity index (χ1v) is 5.68. The Hall–Kier alpha value is -1.08. The molecular formula is C14H16O. The molecule has 1 aromatic carbocycles. The summed E-state index contributed by atoms with van der Waals surface area (Å²) in [6.07, 6.45) is 7.00. The summed E-state index contributed by atoms with van der Waals surface area (Å²) < 4.78 is 5.43. The summed E-state index contributed by atoms with van der Waals surface area (Å²) in [7, 11) is 0. The number of benzene rings is 1. The van der Waals surface area contributed by atoms with Gasteiger partial charge in [0.25, 0.3) is 0 Å². The summed E-state index contributed by atoms with van der Waals surface area (Å²) in [6, 6.07) is 10.9. The van der Waals surface area contributed by atoms with Crippen LogP contribution in [-0.4, -0.2) is 13.2 Å². The molecule has 1 aliphatic heterocycles. The van der Waals surface area contributed by atoms with E-state index in [0.717, 1.165) is 13.2 Å². The molecule has 0 radical (unpaired) electrons. The monoisotopic (exact) mass is 200 g/mol. The average Bonchev–Trinajstić information content (AvgIpc) is 2.28. The molecule has 1 heteroatoms. The summed E-state index contributed by atoms with van der Waals surface area (Å²) in [5.74, 6) is 0.664. The quantitative estimate of drug-likeness (QED) is 0.633. The standard InChI is InChI=1S/C14H16O/c1-2-6-12(7-3-1)13-8-4-5-9-14(13)10-15-11-14/h1-7,13H,8-11H2. The zero-order valence-corrected chi connectivity index (χ0v) is 8.86. The van der Waals surface area contributed by atoms with Crippen LogP contribution in [0.25, 0.3) is 0 Å². The molecule has 1 heterocycles. The van der Waals surface area contributed by atoms with Crippen LogP contribution in [0, 0.1) is 5.41 Å². The van der Waals surface area contributed by atoms with E-state index in [9.17, 15) is 0 Å². The third-order valence-corrected chi connectivity index (χ3v) is 3.78. The summed E-state index contributed by atoms with van der Waals surface area (Å²) in [5, 5.41) is 0. The van der Waals surface area contributed by atoms with E-state index in [1.165, 1.54) is 18.4 Å². The van der Waals surface area contributed by atoms with Crippen molar-refractivity contribution in [2.75, 3.05) is 13.2 Å². The highest BCUT2D eigenvalue weighted by Gasteiger charge is 2.45. The van der Waals surface area contributed by atoms with Gasteiger partial charge in [-0.1, -0.05) is 42.5 Å². The summed E-state index contributed by atoms with van der Waals surface area (Å²) in [6.45, 7) is 1.88. The van der Waals surface area contributed by atoms with Crippen molar-refractivity contribution >= 4 is 0 Å². The predicted octanol–water partition coefficient (Wildman–Crippen LogP) is 3.14. The Balaban J connectivity index is 1.94. The Labute approximate surface area is 90.8 Å². The molecule has 0 N–H and O–H groups in total. The lowest BCUT2D eigenvalue weighted by molar-refractivity contribution is -0.128. The third kappa shape index (κ3) is 1.42. The molecule has 1 unspecified atom stereocenters. The smallest absolute Gasteiger partial charge is 0.0553 e. The van der Waals surface area contributed by atoms with Gasteiger partial charge in [-0.15, -0.1) is 0 Å². The molecule has 1 spiro atoms. The molecular weight excluding hydrogens is 184 g/mol. The van der Waals surface area contributed by atoms with Crippen molar-refractivity contribution < 1.29 is 4.74 Å². The molecule has 3 rings (SSSR count). The molecule has 0 bridgehead atoms. The highest BCUT2D eigenvalue weighted by Crippen LogP contribution is 2.49. The number of ether oxygens (including phenoxy) is 1. The van der Waals surface area contributed by atoms with Gasteiger partial charge in [-0.3, -0.25) is 0 Å².